The number of benzene rings is 2. The third-order valence-corrected chi connectivity index (χ3v) is 6.36. The summed E-state index contributed by atoms with van der Waals surface area (Å²) in [6.07, 6.45) is 0. The largest absolute Gasteiger partial charge is 0.368 e. The second-order valence-electron chi connectivity index (χ2n) is 6.80. The van der Waals surface area contributed by atoms with Crippen LogP contribution in [0.25, 0.3) is 0 Å². The van der Waals surface area contributed by atoms with E-state index in [2.05, 4.69) is 34.7 Å². The molecule has 1 heterocycles. The predicted octanol–water partition coefficient (Wildman–Crippen LogP) is 1.93. The van der Waals surface area contributed by atoms with Gasteiger partial charge in [-0.3, -0.25) is 4.79 Å². The fourth-order valence-corrected chi connectivity index (χ4v) is 4.46. The number of anilines is 1. The summed E-state index contributed by atoms with van der Waals surface area (Å²) in [6.45, 7) is 6.21. The van der Waals surface area contributed by atoms with Crippen molar-refractivity contribution in [3.05, 3.63) is 59.7 Å². The molecule has 7 heteroatoms. The van der Waals surface area contributed by atoms with Crippen LogP contribution in [-0.2, 0) is 14.8 Å². The van der Waals surface area contributed by atoms with Gasteiger partial charge in [0.25, 0.3) is 0 Å². The van der Waals surface area contributed by atoms with Crippen molar-refractivity contribution in [3.8, 4) is 0 Å². The summed E-state index contributed by atoms with van der Waals surface area (Å²) < 4.78 is 27.3. The molecule has 0 aliphatic carbocycles. The molecule has 2 aromatic carbocycles. The Bertz CT molecular complexity index is 920. The maximum atomic E-state index is 12.4. The lowest BCUT2D eigenvalue weighted by atomic mass is 10.2. The molecule has 1 saturated heterocycles. The SMILES string of the molecule is Cc1cccc(N2CCN(C(=O)CNS(=O)(=O)c3ccccc3C)CC2)c1. The van der Waals surface area contributed by atoms with Gasteiger partial charge in [0.05, 0.1) is 11.4 Å². The number of amides is 1. The van der Waals surface area contributed by atoms with Crippen LogP contribution in [0.1, 0.15) is 11.1 Å². The van der Waals surface area contributed by atoms with Gasteiger partial charge in [-0.15, -0.1) is 0 Å². The number of sulfonamides is 1. The second-order valence-corrected chi connectivity index (χ2v) is 8.53. The molecule has 0 aromatic heterocycles. The molecule has 1 fully saturated rings. The summed E-state index contributed by atoms with van der Waals surface area (Å²) in [5, 5.41) is 0. The molecule has 6 nitrogen and oxygen atoms in total. The summed E-state index contributed by atoms with van der Waals surface area (Å²) in [4.78, 5) is 16.6. The molecule has 3 rings (SSSR count). The zero-order valence-electron chi connectivity index (χ0n) is 15.7. The topological polar surface area (TPSA) is 69.7 Å². The number of carbonyl (C=O) groups is 1. The Morgan fingerprint density at radius 3 is 2.37 bits per heavy atom. The zero-order valence-corrected chi connectivity index (χ0v) is 16.5. The molecule has 1 amide bonds. The van der Waals surface area contributed by atoms with Crippen LogP contribution in [0.3, 0.4) is 0 Å². The van der Waals surface area contributed by atoms with Gasteiger partial charge in [-0.1, -0.05) is 30.3 Å². The summed E-state index contributed by atoms with van der Waals surface area (Å²) in [7, 11) is -3.69. The lowest BCUT2D eigenvalue weighted by Crippen LogP contribution is -2.51. The molecule has 0 bridgehead atoms. The molecule has 0 radical (unpaired) electrons. The summed E-state index contributed by atoms with van der Waals surface area (Å²) in [5.41, 5.74) is 3.02. The van der Waals surface area contributed by atoms with E-state index >= 15 is 0 Å². The van der Waals surface area contributed by atoms with E-state index in [1.807, 2.05) is 6.07 Å². The average Bonchev–Trinajstić information content (AvgIpc) is 2.66. The van der Waals surface area contributed by atoms with Gasteiger partial charge < -0.3 is 9.80 Å². The fourth-order valence-electron chi connectivity index (χ4n) is 3.24. The Balaban J connectivity index is 1.55. The lowest BCUT2D eigenvalue weighted by molar-refractivity contribution is -0.130. The average molecular weight is 388 g/mol. The quantitative estimate of drug-likeness (QED) is 0.851. The monoisotopic (exact) mass is 387 g/mol. The smallest absolute Gasteiger partial charge is 0.241 e. The minimum absolute atomic E-state index is 0.198. The van der Waals surface area contributed by atoms with Gasteiger partial charge in [-0.05, 0) is 43.2 Å². The van der Waals surface area contributed by atoms with Crippen LogP contribution >= 0.6 is 0 Å². The highest BCUT2D eigenvalue weighted by Gasteiger charge is 2.23. The van der Waals surface area contributed by atoms with Crippen LogP contribution in [0.15, 0.2) is 53.4 Å². The van der Waals surface area contributed by atoms with Crippen molar-refractivity contribution in [2.75, 3.05) is 37.6 Å². The van der Waals surface area contributed by atoms with Crippen molar-refractivity contribution >= 4 is 21.6 Å². The standard InChI is InChI=1S/C20H25N3O3S/c1-16-6-5-8-18(14-16)22-10-12-23(13-11-22)20(24)15-21-27(25,26)19-9-4-3-7-17(19)2/h3-9,14,21H,10-13,15H2,1-2H3. The highest BCUT2D eigenvalue weighted by atomic mass is 32.2. The van der Waals surface area contributed by atoms with E-state index in [0.717, 1.165) is 18.8 Å². The van der Waals surface area contributed by atoms with Gasteiger partial charge in [-0.25, -0.2) is 13.1 Å². The van der Waals surface area contributed by atoms with E-state index in [1.54, 1.807) is 36.1 Å². The molecular formula is C20H25N3O3S. The van der Waals surface area contributed by atoms with Crippen LogP contribution in [0.5, 0.6) is 0 Å². The summed E-state index contributed by atoms with van der Waals surface area (Å²) in [6, 6.07) is 15.0. The van der Waals surface area contributed by atoms with Crippen molar-refractivity contribution < 1.29 is 13.2 Å². The van der Waals surface area contributed by atoms with Crippen molar-refractivity contribution in [1.29, 1.82) is 0 Å². The van der Waals surface area contributed by atoms with E-state index in [1.165, 1.54) is 5.56 Å². The van der Waals surface area contributed by atoms with Crippen LogP contribution in [0.4, 0.5) is 5.69 Å². The van der Waals surface area contributed by atoms with E-state index in [-0.39, 0.29) is 17.3 Å². The molecule has 0 unspecified atom stereocenters. The molecule has 0 saturated carbocycles. The van der Waals surface area contributed by atoms with Crippen LogP contribution < -0.4 is 9.62 Å². The molecule has 2 aromatic rings. The predicted molar refractivity (Wildman–Crippen MR) is 106 cm³/mol. The normalized spacial score (nSPS) is 15.0. The maximum Gasteiger partial charge on any atom is 0.241 e. The first-order valence-electron chi connectivity index (χ1n) is 9.01. The number of piperazine rings is 1. The molecule has 0 atom stereocenters. The minimum atomic E-state index is -3.69. The number of nitrogens with zero attached hydrogens (tertiary/aromatic N) is 2. The molecule has 1 aliphatic heterocycles. The highest BCUT2D eigenvalue weighted by Crippen LogP contribution is 2.18. The fraction of sp³-hybridized carbons (Fsp3) is 0.350. The van der Waals surface area contributed by atoms with E-state index in [0.29, 0.717) is 18.7 Å². The first-order valence-corrected chi connectivity index (χ1v) is 10.5. The molecule has 1 aliphatic rings. The van der Waals surface area contributed by atoms with Crippen molar-refractivity contribution in [3.63, 3.8) is 0 Å². The number of nitrogens with one attached hydrogen (secondary N) is 1. The minimum Gasteiger partial charge on any atom is -0.368 e. The second kappa shape index (κ2) is 8.10. The van der Waals surface area contributed by atoms with Crippen molar-refractivity contribution in [1.82, 2.24) is 9.62 Å². The van der Waals surface area contributed by atoms with Gasteiger partial charge in [0.15, 0.2) is 0 Å². The lowest BCUT2D eigenvalue weighted by Gasteiger charge is -2.36. The van der Waals surface area contributed by atoms with Crippen LogP contribution in [-0.4, -0.2) is 51.9 Å². The van der Waals surface area contributed by atoms with Crippen molar-refractivity contribution in [2.24, 2.45) is 0 Å². The van der Waals surface area contributed by atoms with Crippen LogP contribution in [0, 0.1) is 13.8 Å². The third-order valence-electron chi connectivity index (χ3n) is 4.80. The zero-order chi connectivity index (χ0) is 19.4. The van der Waals surface area contributed by atoms with E-state index in [4.69, 9.17) is 0 Å². The van der Waals surface area contributed by atoms with Gasteiger partial charge in [0, 0.05) is 31.9 Å². The van der Waals surface area contributed by atoms with Crippen molar-refractivity contribution in [2.45, 2.75) is 18.7 Å². The molecule has 27 heavy (non-hydrogen) atoms. The third kappa shape index (κ3) is 4.67. The summed E-state index contributed by atoms with van der Waals surface area (Å²) in [5.74, 6) is -0.198. The highest BCUT2D eigenvalue weighted by molar-refractivity contribution is 7.89. The van der Waals surface area contributed by atoms with Gasteiger partial charge in [0.1, 0.15) is 0 Å². The molecule has 1 N–H and O–H groups in total. The molecular weight excluding hydrogens is 362 g/mol. The molecule has 144 valence electrons. The number of carbonyl (C=O) groups excluding carboxylic acids is 1. The molecule has 0 spiro atoms. The summed E-state index contributed by atoms with van der Waals surface area (Å²) >= 11 is 0. The maximum absolute atomic E-state index is 12.4. The Hall–Kier alpha value is -2.38. The van der Waals surface area contributed by atoms with E-state index < -0.39 is 10.0 Å². The van der Waals surface area contributed by atoms with Gasteiger partial charge in [0.2, 0.25) is 15.9 Å². The Labute approximate surface area is 160 Å². The number of hydrogen-bond donors (Lipinski definition) is 1. The first kappa shape index (κ1) is 19.4. The van der Waals surface area contributed by atoms with Gasteiger partial charge >= 0.3 is 0 Å². The number of hydrogen-bond acceptors (Lipinski definition) is 4. The Morgan fingerprint density at radius 1 is 1.00 bits per heavy atom. The van der Waals surface area contributed by atoms with E-state index in [9.17, 15) is 13.2 Å². The first-order chi connectivity index (χ1) is 12.9. The Kier molecular flexibility index (Phi) is 5.82. The Morgan fingerprint density at radius 2 is 1.70 bits per heavy atom. The van der Waals surface area contributed by atoms with Crippen LogP contribution in [0.2, 0.25) is 0 Å². The van der Waals surface area contributed by atoms with Gasteiger partial charge in [-0.2, -0.15) is 0 Å². The number of aryl methyl sites for hydroxylation is 2. The number of rotatable bonds is 5.